The number of thioether (sulfide) groups is 1. The van der Waals surface area contributed by atoms with Crippen LogP contribution < -0.4 is 5.32 Å². The number of anilines is 1. The van der Waals surface area contributed by atoms with Gasteiger partial charge in [0.1, 0.15) is 0 Å². The van der Waals surface area contributed by atoms with Crippen LogP contribution >= 0.6 is 23.4 Å². The summed E-state index contributed by atoms with van der Waals surface area (Å²) < 4.78 is 0. The number of halogens is 1. The van der Waals surface area contributed by atoms with E-state index in [9.17, 15) is 4.79 Å². The summed E-state index contributed by atoms with van der Waals surface area (Å²) in [6.07, 6.45) is 3.29. The average Bonchev–Trinajstić information content (AvgIpc) is 2.42. The van der Waals surface area contributed by atoms with E-state index in [-0.39, 0.29) is 11.7 Å². The van der Waals surface area contributed by atoms with Crippen LogP contribution in [-0.2, 0) is 4.79 Å². The maximum Gasteiger partial charge on any atom is 0.234 e. The fourth-order valence-corrected chi connectivity index (χ4v) is 2.18. The molecule has 4 nitrogen and oxygen atoms in total. The zero-order valence-electron chi connectivity index (χ0n) is 10.3. The minimum Gasteiger partial charge on any atom is -0.324 e. The van der Waals surface area contributed by atoms with Gasteiger partial charge in [-0.15, -0.1) is 0 Å². The van der Waals surface area contributed by atoms with Crippen LogP contribution in [0.2, 0.25) is 5.02 Å². The molecule has 0 unspecified atom stereocenters. The molecule has 0 aliphatic rings. The van der Waals surface area contributed by atoms with Crippen LogP contribution in [0.4, 0.5) is 5.69 Å². The molecule has 1 aromatic heterocycles. The van der Waals surface area contributed by atoms with Crippen LogP contribution in [0.5, 0.6) is 0 Å². The lowest BCUT2D eigenvalue weighted by atomic mass is 10.2. The third kappa shape index (κ3) is 4.22. The number of rotatable bonds is 4. The van der Waals surface area contributed by atoms with Crippen LogP contribution in [0.3, 0.4) is 0 Å². The SMILES string of the molecule is Cc1ccc(Cl)c(NC(=O)CSc2ncccn2)c1. The highest BCUT2D eigenvalue weighted by molar-refractivity contribution is 7.99. The van der Waals surface area contributed by atoms with E-state index in [4.69, 9.17) is 11.6 Å². The molecule has 0 fully saturated rings. The molecule has 0 aliphatic heterocycles. The molecule has 6 heteroatoms. The van der Waals surface area contributed by atoms with Gasteiger partial charge < -0.3 is 5.32 Å². The summed E-state index contributed by atoms with van der Waals surface area (Å²) in [5.41, 5.74) is 1.67. The van der Waals surface area contributed by atoms with E-state index in [0.717, 1.165) is 5.56 Å². The number of hydrogen-bond acceptors (Lipinski definition) is 4. The third-order valence-electron chi connectivity index (χ3n) is 2.27. The molecule has 1 heterocycles. The molecule has 1 aromatic carbocycles. The summed E-state index contributed by atoms with van der Waals surface area (Å²) >= 11 is 7.29. The monoisotopic (exact) mass is 293 g/mol. The number of carbonyl (C=O) groups is 1. The molecule has 0 radical (unpaired) electrons. The van der Waals surface area contributed by atoms with Crippen molar-refractivity contribution in [3.8, 4) is 0 Å². The third-order valence-corrected chi connectivity index (χ3v) is 3.48. The van der Waals surface area contributed by atoms with Crippen molar-refractivity contribution in [2.45, 2.75) is 12.1 Å². The molecule has 0 spiro atoms. The normalized spacial score (nSPS) is 10.2. The highest BCUT2D eigenvalue weighted by atomic mass is 35.5. The van der Waals surface area contributed by atoms with E-state index < -0.39 is 0 Å². The van der Waals surface area contributed by atoms with Gasteiger partial charge in [-0.2, -0.15) is 0 Å². The smallest absolute Gasteiger partial charge is 0.234 e. The Balaban J connectivity index is 1.93. The first kappa shape index (κ1) is 13.8. The first-order valence-electron chi connectivity index (χ1n) is 5.61. The van der Waals surface area contributed by atoms with Crippen LogP contribution in [0.15, 0.2) is 41.8 Å². The second kappa shape index (κ2) is 6.54. The predicted molar refractivity (Wildman–Crippen MR) is 77.6 cm³/mol. The summed E-state index contributed by atoms with van der Waals surface area (Å²) in [4.78, 5) is 19.9. The van der Waals surface area contributed by atoms with Crippen molar-refractivity contribution in [2.75, 3.05) is 11.1 Å². The van der Waals surface area contributed by atoms with Crippen LogP contribution in [0.25, 0.3) is 0 Å². The summed E-state index contributed by atoms with van der Waals surface area (Å²) in [5.74, 6) is 0.110. The number of hydrogen-bond donors (Lipinski definition) is 1. The van der Waals surface area contributed by atoms with Crippen molar-refractivity contribution in [3.63, 3.8) is 0 Å². The van der Waals surface area contributed by atoms with E-state index in [0.29, 0.717) is 15.9 Å². The van der Waals surface area contributed by atoms with Crippen molar-refractivity contribution in [2.24, 2.45) is 0 Å². The van der Waals surface area contributed by atoms with Crippen molar-refractivity contribution in [3.05, 3.63) is 47.2 Å². The highest BCUT2D eigenvalue weighted by Crippen LogP contribution is 2.23. The zero-order chi connectivity index (χ0) is 13.7. The van der Waals surface area contributed by atoms with Gasteiger partial charge in [-0.3, -0.25) is 4.79 Å². The van der Waals surface area contributed by atoms with E-state index in [1.807, 2.05) is 19.1 Å². The second-order valence-corrected chi connectivity index (χ2v) is 5.20. The quantitative estimate of drug-likeness (QED) is 0.695. The lowest BCUT2D eigenvalue weighted by molar-refractivity contribution is -0.113. The Hall–Kier alpha value is -1.59. The molecule has 98 valence electrons. The summed E-state index contributed by atoms with van der Waals surface area (Å²) in [6, 6.07) is 7.23. The van der Waals surface area contributed by atoms with Gasteiger partial charge in [-0.05, 0) is 30.7 Å². The second-order valence-electron chi connectivity index (χ2n) is 3.85. The van der Waals surface area contributed by atoms with E-state index in [1.54, 1.807) is 24.5 Å². The molecule has 0 saturated heterocycles. The fourth-order valence-electron chi connectivity index (χ4n) is 1.41. The molecule has 2 aromatic rings. The Morgan fingerprint density at radius 2 is 2.11 bits per heavy atom. The van der Waals surface area contributed by atoms with E-state index in [2.05, 4.69) is 15.3 Å². The van der Waals surface area contributed by atoms with E-state index >= 15 is 0 Å². The number of aryl methyl sites for hydroxylation is 1. The molecule has 0 saturated carbocycles. The van der Waals surface area contributed by atoms with E-state index in [1.165, 1.54) is 11.8 Å². The first-order chi connectivity index (χ1) is 9.15. The molecule has 1 amide bonds. The minimum atomic E-state index is -0.134. The largest absolute Gasteiger partial charge is 0.324 e. The molecular formula is C13H12ClN3OS. The zero-order valence-corrected chi connectivity index (χ0v) is 11.8. The molecule has 0 atom stereocenters. The Kier molecular flexibility index (Phi) is 4.76. The summed E-state index contributed by atoms with van der Waals surface area (Å²) in [5, 5.41) is 3.88. The Bertz CT molecular complexity index is 577. The molecule has 1 N–H and O–H groups in total. The van der Waals surface area contributed by atoms with Gasteiger partial charge >= 0.3 is 0 Å². The van der Waals surface area contributed by atoms with Gasteiger partial charge in [0.05, 0.1) is 16.5 Å². The van der Waals surface area contributed by atoms with Gasteiger partial charge in [0.2, 0.25) is 5.91 Å². The van der Waals surface area contributed by atoms with Crippen LogP contribution in [0.1, 0.15) is 5.56 Å². The van der Waals surface area contributed by atoms with Gasteiger partial charge in [-0.1, -0.05) is 29.4 Å². The Morgan fingerprint density at radius 1 is 1.37 bits per heavy atom. The van der Waals surface area contributed by atoms with Crippen molar-refractivity contribution < 1.29 is 4.79 Å². The maximum atomic E-state index is 11.8. The highest BCUT2D eigenvalue weighted by Gasteiger charge is 2.07. The van der Waals surface area contributed by atoms with Gasteiger partial charge in [-0.25, -0.2) is 9.97 Å². The van der Waals surface area contributed by atoms with Crippen LogP contribution in [-0.4, -0.2) is 21.6 Å². The maximum absolute atomic E-state index is 11.8. The number of aromatic nitrogens is 2. The van der Waals surface area contributed by atoms with Gasteiger partial charge in [0, 0.05) is 12.4 Å². The molecule has 2 rings (SSSR count). The Morgan fingerprint density at radius 3 is 2.84 bits per heavy atom. The summed E-state index contributed by atoms with van der Waals surface area (Å²) in [6.45, 7) is 1.94. The van der Waals surface area contributed by atoms with Crippen molar-refractivity contribution in [1.82, 2.24) is 9.97 Å². The number of amides is 1. The van der Waals surface area contributed by atoms with Crippen LogP contribution in [0, 0.1) is 6.92 Å². The average molecular weight is 294 g/mol. The fraction of sp³-hybridized carbons (Fsp3) is 0.154. The van der Waals surface area contributed by atoms with Crippen molar-refractivity contribution in [1.29, 1.82) is 0 Å². The predicted octanol–water partition coefficient (Wildman–Crippen LogP) is 3.17. The molecule has 19 heavy (non-hydrogen) atoms. The first-order valence-corrected chi connectivity index (χ1v) is 6.97. The minimum absolute atomic E-state index is 0.134. The lowest BCUT2D eigenvalue weighted by Crippen LogP contribution is -2.14. The summed E-state index contributed by atoms with van der Waals surface area (Å²) in [7, 11) is 0. The van der Waals surface area contributed by atoms with Gasteiger partial charge in [0.25, 0.3) is 0 Å². The topological polar surface area (TPSA) is 54.9 Å². The van der Waals surface area contributed by atoms with Crippen molar-refractivity contribution >= 4 is 35.0 Å². The molecule has 0 bridgehead atoms. The Labute approximate surface area is 120 Å². The standard InChI is InChI=1S/C13H12ClN3OS/c1-9-3-4-10(14)11(7-9)17-12(18)8-19-13-15-5-2-6-16-13/h2-7H,8H2,1H3,(H,17,18). The number of nitrogens with one attached hydrogen (secondary N) is 1. The lowest BCUT2D eigenvalue weighted by Gasteiger charge is -2.07. The molecule has 0 aliphatic carbocycles. The molecular weight excluding hydrogens is 282 g/mol. The number of carbonyl (C=O) groups excluding carboxylic acids is 1. The van der Waals surface area contributed by atoms with Gasteiger partial charge in [0.15, 0.2) is 5.16 Å². The number of nitrogens with zero attached hydrogens (tertiary/aromatic N) is 2. The number of benzene rings is 1.